The SMILES string of the molecule is CC1Cc2nc3cc(Br)ccc3c(=O)n2CCN1C. The lowest BCUT2D eigenvalue weighted by Gasteiger charge is -2.20. The van der Waals surface area contributed by atoms with E-state index in [4.69, 9.17) is 0 Å². The van der Waals surface area contributed by atoms with Crippen molar-refractivity contribution in [2.75, 3.05) is 13.6 Å². The predicted octanol–water partition coefficient (Wildman–Crippen LogP) is 2.04. The lowest BCUT2D eigenvalue weighted by Crippen LogP contribution is -2.30. The van der Waals surface area contributed by atoms with Gasteiger partial charge < -0.3 is 4.90 Å². The summed E-state index contributed by atoms with van der Waals surface area (Å²) < 4.78 is 2.78. The zero-order valence-electron chi connectivity index (χ0n) is 11.1. The number of benzene rings is 1. The van der Waals surface area contributed by atoms with Crippen molar-refractivity contribution in [3.05, 3.63) is 38.9 Å². The van der Waals surface area contributed by atoms with Gasteiger partial charge in [0.05, 0.1) is 10.9 Å². The Hall–Kier alpha value is -1.20. The Bertz CT molecular complexity index is 695. The van der Waals surface area contributed by atoms with E-state index >= 15 is 0 Å². The Kier molecular flexibility index (Phi) is 3.19. The van der Waals surface area contributed by atoms with Gasteiger partial charge in [-0.05, 0) is 32.2 Å². The molecule has 1 aliphatic rings. The predicted molar refractivity (Wildman–Crippen MR) is 79.5 cm³/mol. The molecule has 1 aliphatic heterocycles. The zero-order valence-corrected chi connectivity index (χ0v) is 12.6. The summed E-state index contributed by atoms with van der Waals surface area (Å²) in [5.74, 6) is 0.896. The van der Waals surface area contributed by atoms with Crippen LogP contribution >= 0.6 is 15.9 Å². The minimum atomic E-state index is 0.0787. The first kappa shape index (κ1) is 12.8. The van der Waals surface area contributed by atoms with Crippen molar-refractivity contribution in [3.8, 4) is 0 Å². The van der Waals surface area contributed by atoms with E-state index < -0.39 is 0 Å². The van der Waals surface area contributed by atoms with Crippen molar-refractivity contribution in [1.82, 2.24) is 14.5 Å². The third kappa shape index (κ3) is 2.21. The molecule has 1 atom stereocenters. The molecule has 0 saturated carbocycles. The van der Waals surface area contributed by atoms with E-state index in [0.29, 0.717) is 18.0 Å². The standard InChI is InChI=1S/C14H16BrN3O/c1-9-7-13-16-12-8-10(15)3-4-11(12)14(19)18(13)6-5-17(9)2/h3-4,8-9H,5-7H2,1-2H3. The number of likely N-dealkylation sites (N-methyl/N-ethyl adjacent to an activating group) is 1. The fraction of sp³-hybridized carbons (Fsp3) is 0.429. The molecule has 0 spiro atoms. The number of aromatic nitrogens is 2. The molecule has 100 valence electrons. The normalized spacial score (nSPS) is 20.3. The van der Waals surface area contributed by atoms with Crippen LogP contribution in [0.3, 0.4) is 0 Å². The van der Waals surface area contributed by atoms with Crippen molar-refractivity contribution in [3.63, 3.8) is 0 Å². The smallest absolute Gasteiger partial charge is 0.261 e. The van der Waals surface area contributed by atoms with Crippen molar-refractivity contribution in [2.24, 2.45) is 0 Å². The molecule has 0 aliphatic carbocycles. The lowest BCUT2D eigenvalue weighted by atomic mass is 10.2. The first-order chi connectivity index (χ1) is 9.06. The summed E-state index contributed by atoms with van der Waals surface area (Å²) in [7, 11) is 2.10. The molecule has 2 heterocycles. The van der Waals surface area contributed by atoms with Gasteiger partial charge in [0, 0.05) is 30.0 Å². The number of hydrogen-bond acceptors (Lipinski definition) is 3. The maximum atomic E-state index is 12.5. The summed E-state index contributed by atoms with van der Waals surface area (Å²) in [6.07, 6.45) is 0.814. The number of halogens is 1. The monoisotopic (exact) mass is 321 g/mol. The van der Waals surface area contributed by atoms with Gasteiger partial charge in [-0.2, -0.15) is 0 Å². The van der Waals surface area contributed by atoms with E-state index in [2.05, 4.69) is 39.8 Å². The summed E-state index contributed by atoms with van der Waals surface area (Å²) in [5.41, 5.74) is 0.859. The van der Waals surface area contributed by atoms with Gasteiger partial charge in [-0.25, -0.2) is 4.98 Å². The van der Waals surface area contributed by atoms with Crippen LogP contribution in [0.15, 0.2) is 27.5 Å². The van der Waals surface area contributed by atoms with E-state index in [9.17, 15) is 4.79 Å². The van der Waals surface area contributed by atoms with Gasteiger partial charge in [-0.3, -0.25) is 9.36 Å². The molecule has 1 unspecified atom stereocenters. The Morgan fingerprint density at radius 3 is 2.95 bits per heavy atom. The number of nitrogens with zero attached hydrogens (tertiary/aromatic N) is 3. The van der Waals surface area contributed by atoms with Crippen LogP contribution in [0.4, 0.5) is 0 Å². The average molecular weight is 322 g/mol. The molecule has 0 fully saturated rings. The van der Waals surface area contributed by atoms with Crippen LogP contribution in [-0.2, 0) is 13.0 Å². The minimum absolute atomic E-state index is 0.0787. The largest absolute Gasteiger partial charge is 0.301 e. The molecule has 0 saturated heterocycles. The second-order valence-corrected chi connectivity index (χ2v) is 6.10. The summed E-state index contributed by atoms with van der Waals surface area (Å²) in [5, 5.41) is 0.698. The molecular weight excluding hydrogens is 306 g/mol. The van der Waals surface area contributed by atoms with Gasteiger partial charge in [0.15, 0.2) is 0 Å². The third-order valence-corrected chi connectivity index (χ3v) is 4.40. The highest BCUT2D eigenvalue weighted by Crippen LogP contribution is 2.18. The van der Waals surface area contributed by atoms with Gasteiger partial charge in [0.25, 0.3) is 5.56 Å². The van der Waals surface area contributed by atoms with Crippen LogP contribution in [0.5, 0.6) is 0 Å². The van der Waals surface area contributed by atoms with Gasteiger partial charge >= 0.3 is 0 Å². The summed E-state index contributed by atoms with van der Waals surface area (Å²) in [6.45, 7) is 3.78. The zero-order chi connectivity index (χ0) is 13.6. The van der Waals surface area contributed by atoms with Crippen molar-refractivity contribution in [1.29, 1.82) is 0 Å². The van der Waals surface area contributed by atoms with Crippen molar-refractivity contribution >= 4 is 26.8 Å². The Morgan fingerprint density at radius 1 is 1.37 bits per heavy atom. The summed E-state index contributed by atoms with van der Waals surface area (Å²) >= 11 is 3.43. The maximum Gasteiger partial charge on any atom is 0.261 e. The van der Waals surface area contributed by atoms with Crippen molar-refractivity contribution in [2.45, 2.75) is 25.9 Å². The first-order valence-corrected chi connectivity index (χ1v) is 7.25. The van der Waals surface area contributed by atoms with Gasteiger partial charge in [-0.15, -0.1) is 0 Å². The van der Waals surface area contributed by atoms with E-state index in [0.717, 1.165) is 28.8 Å². The highest BCUT2D eigenvalue weighted by Gasteiger charge is 2.20. The Balaban J connectivity index is 2.25. The Morgan fingerprint density at radius 2 is 2.16 bits per heavy atom. The van der Waals surface area contributed by atoms with Crippen LogP contribution in [0.1, 0.15) is 12.7 Å². The quantitative estimate of drug-likeness (QED) is 0.745. The number of fused-ring (bicyclic) bond motifs is 2. The molecule has 1 aromatic heterocycles. The van der Waals surface area contributed by atoms with Gasteiger partial charge in [0.2, 0.25) is 0 Å². The molecule has 0 amide bonds. The van der Waals surface area contributed by atoms with Gasteiger partial charge in [-0.1, -0.05) is 15.9 Å². The molecule has 2 aromatic rings. The molecule has 0 bridgehead atoms. The van der Waals surface area contributed by atoms with Gasteiger partial charge in [0.1, 0.15) is 5.82 Å². The topological polar surface area (TPSA) is 38.1 Å². The van der Waals surface area contributed by atoms with Crippen LogP contribution in [-0.4, -0.2) is 34.1 Å². The molecule has 0 radical (unpaired) electrons. The maximum absolute atomic E-state index is 12.5. The summed E-state index contributed by atoms with van der Waals surface area (Å²) in [6, 6.07) is 6.06. The van der Waals surface area contributed by atoms with Crippen LogP contribution in [0.25, 0.3) is 10.9 Å². The molecule has 3 rings (SSSR count). The molecule has 0 N–H and O–H groups in total. The van der Waals surface area contributed by atoms with Crippen LogP contribution in [0, 0.1) is 0 Å². The fourth-order valence-corrected chi connectivity index (χ4v) is 2.87. The highest BCUT2D eigenvalue weighted by molar-refractivity contribution is 9.10. The molecule has 19 heavy (non-hydrogen) atoms. The molecule has 4 nitrogen and oxygen atoms in total. The summed E-state index contributed by atoms with van der Waals surface area (Å²) in [4.78, 5) is 19.5. The average Bonchev–Trinajstić information content (AvgIpc) is 2.50. The molecule has 5 heteroatoms. The fourth-order valence-electron chi connectivity index (χ4n) is 2.52. The first-order valence-electron chi connectivity index (χ1n) is 6.45. The molecular formula is C14H16BrN3O. The molecule has 1 aromatic carbocycles. The van der Waals surface area contributed by atoms with Crippen LogP contribution < -0.4 is 5.56 Å². The second kappa shape index (κ2) is 4.72. The van der Waals surface area contributed by atoms with E-state index in [-0.39, 0.29) is 5.56 Å². The van der Waals surface area contributed by atoms with E-state index in [1.54, 1.807) is 0 Å². The number of hydrogen-bond donors (Lipinski definition) is 0. The highest BCUT2D eigenvalue weighted by atomic mass is 79.9. The minimum Gasteiger partial charge on any atom is -0.301 e. The third-order valence-electron chi connectivity index (χ3n) is 3.90. The van der Waals surface area contributed by atoms with Crippen LogP contribution in [0.2, 0.25) is 0 Å². The van der Waals surface area contributed by atoms with E-state index in [1.807, 2.05) is 22.8 Å². The van der Waals surface area contributed by atoms with E-state index in [1.165, 1.54) is 0 Å². The van der Waals surface area contributed by atoms with Crippen molar-refractivity contribution < 1.29 is 0 Å². The lowest BCUT2D eigenvalue weighted by molar-refractivity contribution is 0.262. The Labute approximate surface area is 120 Å². The second-order valence-electron chi connectivity index (χ2n) is 5.18. The number of rotatable bonds is 0.